The minimum atomic E-state index is -0.0348. The zero-order chi connectivity index (χ0) is 52.4. The zero-order valence-electron chi connectivity index (χ0n) is 47.4. The first kappa shape index (κ1) is 55.6. The summed E-state index contributed by atoms with van der Waals surface area (Å²) in [5.41, 5.74) is 18.9. The van der Waals surface area contributed by atoms with Crippen LogP contribution in [0.3, 0.4) is 0 Å². The molecule has 4 heteroatoms. The summed E-state index contributed by atoms with van der Waals surface area (Å²) >= 11 is 0. The van der Waals surface area contributed by atoms with Crippen LogP contribution in [-0.2, 0) is 59.9 Å². The molecule has 6 aromatic rings. The Morgan fingerprint density at radius 2 is 0.526 bits per heavy atom. The highest BCUT2D eigenvalue weighted by molar-refractivity contribution is 5.83. The van der Waals surface area contributed by atoms with E-state index in [4.69, 9.17) is 18.9 Å². The number of benzene rings is 6. The third-order valence-corrected chi connectivity index (χ3v) is 17.5. The Bertz CT molecular complexity index is 2540. The number of rotatable bonds is 24. The van der Waals surface area contributed by atoms with E-state index in [-0.39, 0.29) is 10.8 Å². The lowest BCUT2D eigenvalue weighted by Crippen LogP contribution is -2.26. The summed E-state index contributed by atoms with van der Waals surface area (Å²) in [6.07, 6.45) is 30.4. The van der Waals surface area contributed by atoms with Crippen molar-refractivity contribution in [2.75, 3.05) is 0 Å². The highest BCUT2D eigenvalue weighted by atomic mass is 16.5. The molecular formula is C72H92O4. The molecule has 2 aliphatic carbocycles. The number of hydrogen-bond acceptors (Lipinski definition) is 4. The number of unbranched alkanes of at least 4 members (excludes halogenated alkanes) is 16. The molecule has 404 valence electrons. The van der Waals surface area contributed by atoms with E-state index in [1.807, 2.05) is 0 Å². The van der Waals surface area contributed by atoms with Crippen molar-refractivity contribution in [1.29, 1.82) is 0 Å². The molecule has 0 saturated carbocycles. The van der Waals surface area contributed by atoms with Crippen LogP contribution in [0.4, 0.5) is 0 Å². The largest absolute Gasteiger partial charge is 0.489 e. The van der Waals surface area contributed by atoms with Crippen molar-refractivity contribution in [3.63, 3.8) is 0 Å². The van der Waals surface area contributed by atoms with Crippen molar-refractivity contribution in [1.82, 2.24) is 0 Å². The van der Waals surface area contributed by atoms with Gasteiger partial charge in [-0.2, -0.15) is 0 Å². The fraction of sp³-hybridized carbons (Fsp3) is 0.500. The third kappa shape index (κ3) is 13.6. The van der Waals surface area contributed by atoms with Crippen LogP contribution in [0.1, 0.15) is 237 Å². The summed E-state index contributed by atoms with van der Waals surface area (Å²) in [5.74, 6) is 1.79. The monoisotopic (exact) mass is 1020 g/mol. The fourth-order valence-electron chi connectivity index (χ4n) is 13.3. The van der Waals surface area contributed by atoms with Crippen molar-refractivity contribution >= 4 is 0 Å². The van der Waals surface area contributed by atoms with E-state index >= 15 is 0 Å². The van der Waals surface area contributed by atoms with Crippen molar-refractivity contribution in [2.45, 2.75) is 232 Å². The molecule has 0 N–H and O–H groups in total. The van der Waals surface area contributed by atoms with Crippen molar-refractivity contribution in [2.24, 2.45) is 0 Å². The van der Waals surface area contributed by atoms with Gasteiger partial charge in [0, 0.05) is 10.8 Å². The predicted molar refractivity (Wildman–Crippen MR) is 317 cm³/mol. The summed E-state index contributed by atoms with van der Waals surface area (Å²) in [6.45, 7) is 12.6. The highest BCUT2D eigenvalue weighted by Gasteiger charge is 2.44. The molecule has 0 aromatic heterocycles. The van der Waals surface area contributed by atoms with E-state index in [2.05, 4.69) is 149 Å². The van der Waals surface area contributed by atoms with Gasteiger partial charge in [-0.1, -0.05) is 253 Å². The second-order valence-corrected chi connectivity index (χ2v) is 23.2. The third-order valence-electron chi connectivity index (χ3n) is 17.5. The second kappa shape index (κ2) is 27.9. The SMILES string of the molecule is CCCCCCCC1(CCCCCCC)c2cc3ccc2-c2ccc(cc21)COCc1ccc(cc1)OCc1ccc2c(c1)C(CCCCCCC)(CCCCCCC)c1cc(ccc1-2)COc1ccc(cc1)COC3. The molecule has 12 rings (SSSR count). The molecule has 76 heavy (non-hydrogen) atoms. The van der Waals surface area contributed by atoms with Gasteiger partial charge in [0.2, 0.25) is 0 Å². The molecule has 4 heterocycles. The molecule has 0 radical (unpaired) electrons. The average molecular weight is 1020 g/mol. The minimum Gasteiger partial charge on any atom is -0.489 e. The fourth-order valence-corrected chi connectivity index (χ4v) is 13.3. The van der Waals surface area contributed by atoms with Gasteiger partial charge in [0.1, 0.15) is 24.7 Å². The Labute approximate surface area is 459 Å². The Morgan fingerprint density at radius 3 is 0.816 bits per heavy atom. The van der Waals surface area contributed by atoms with E-state index in [9.17, 15) is 0 Å². The molecule has 0 saturated heterocycles. The van der Waals surface area contributed by atoms with Gasteiger partial charge in [-0.15, -0.1) is 0 Å². The topological polar surface area (TPSA) is 36.9 Å². The summed E-state index contributed by atoms with van der Waals surface area (Å²) in [7, 11) is 0. The standard InChI is InChI=1S/C72H92O4/c1-5-9-13-17-21-41-71(42-22-18-14-10-6-2)67-45-57-29-37-63(67)64-38-30-58(46-68(64)71)52-74-50-56-27-35-62(36-28-56)76-54-60-32-40-66-65-39-31-59(53-75-61-33-25-55(26-34-61)49-73-51-57)47-69(65)72(70(66)48-60,43-23-19-15-11-7-3)44-24-20-16-12-8-4/h25-40,45-48H,5-24,41-44,49-54H2,1-4H3. The molecular weight excluding hydrogens is 929 g/mol. The molecule has 4 aliphatic heterocycles. The molecule has 0 unspecified atom stereocenters. The summed E-state index contributed by atoms with van der Waals surface area (Å²) in [5, 5.41) is 0. The van der Waals surface area contributed by atoms with Gasteiger partial charge in [0.25, 0.3) is 0 Å². The van der Waals surface area contributed by atoms with Crippen LogP contribution in [0.2, 0.25) is 0 Å². The Kier molecular flexibility index (Phi) is 20.4. The second-order valence-electron chi connectivity index (χ2n) is 23.2. The van der Waals surface area contributed by atoms with Gasteiger partial charge in [-0.05, 0) is 128 Å². The first-order valence-corrected chi connectivity index (χ1v) is 30.6. The number of fused-ring (bicyclic) bond motifs is 2. The molecule has 6 aromatic carbocycles. The number of ether oxygens (including phenoxy) is 4. The maximum atomic E-state index is 6.61. The highest BCUT2D eigenvalue weighted by Crippen LogP contribution is 2.56. The van der Waals surface area contributed by atoms with Crippen molar-refractivity contribution < 1.29 is 18.9 Å². The maximum Gasteiger partial charge on any atom is 0.119 e. The lowest BCUT2D eigenvalue weighted by atomic mass is 9.70. The van der Waals surface area contributed by atoms with E-state index in [0.717, 1.165) is 22.6 Å². The van der Waals surface area contributed by atoms with Gasteiger partial charge in [0.05, 0.1) is 26.4 Å². The summed E-state index contributed by atoms with van der Waals surface area (Å²) < 4.78 is 26.4. The van der Waals surface area contributed by atoms with Gasteiger partial charge < -0.3 is 18.9 Å². The van der Waals surface area contributed by atoms with Crippen LogP contribution < -0.4 is 9.47 Å². The van der Waals surface area contributed by atoms with E-state index in [1.54, 1.807) is 0 Å². The Hall–Kier alpha value is -5.16. The Balaban J connectivity index is 1.01. The normalized spacial score (nSPS) is 15.3. The molecule has 0 atom stereocenters. The first-order valence-electron chi connectivity index (χ1n) is 30.6. The average Bonchev–Trinajstić information content (AvgIpc) is 3.92. The smallest absolute Gasteiger partial charge is 0.119 e. The summed E-state index contributed by atoms with van der Waals surface area (Å²) in [6, 6.07) is 46.1. The van der Waals surface area contributed by atoms with Crippen molar-refractivity contribution in [3.8, 4) is 33.8 Å². The molecule has 6 aliphatic rings. The van der Waals surface area contributed by atoms with Gasteiger partial charge in [-0.25, -0.2) is 0 Å². The lowest BCUT2D eigenvalue weighted by Gasteiger charge is -2.33. The lowest BCUT2D eigenvalue weighted by molar-refractivity contribution is 0.107. The van der Waals surface area contributed by atoms with Crippen LogP contribution in [-0.4, -0.2) is 0 Å². The predicted octanol–water partition coefficient (Wildman–Crippen LogP) is 20.6. The Morgan fingerprint density at radius 1 is 0.276 bits per heavy atom. The van der Waals surface area contributed by atoms with Crippen LogP contribution >= 0.6 is 0 Å². The van der Waals surface area contributed by atoms with Crippen LogP contribution in [0.15, 0.2) is 121 Å². The van der Waals surface area contributed by atoms with Crippen LogP contribution in [0.25, 0.3) is 22.3 Å². The molecule has 0 fully saturated rings. The zero-order valence-corrected chi connectivity index (χ0v) is 47.4. The molecule has 0 amide bonds. The van der Waals surface area contributed by atoms with E-state index < -0.39 is 0 Å². The van der Waals surface area contributed by atoms with Gasteiger partial charge in [-0.3, -0.25) is 0 Å². The van der Waals surface area contributed by atoms with Gasteiger partial charge >= 0.3 is 0 Å². The van der Waals surface area contributed by atoms with Crippen LogP contribution in [0, 0.1) is 0 Å². The molecule has 12 bridgehead atoms. The minimum absolute atomic E-state index is 0.0186. The molecule has 0 spiro atoms. The van der Waals surface area contributed by atoms with E-state index in [1.165, 1.54) is 221 Å². The van der Waals surface area contributed by atoms with Gasteiger partial charge in [0.15, 0.2) is 0 Å². The van der Waals surface area contributed by atoms with Crippen molar-refractivity contribution in [3.05, 3.63) is 177 Å². The number of hydrogen-bond donors (Lipinski definition) is 0. The first-order chi connectivity index (χ1) is 37.5. The van der Waals surface area contributed by atoms with E-state index in [0.29, 0.717) is 39.6 Å². The molecule has 4 nitrogen and oxygen atoms in total. The summed E-state index contributed by atoms with van der Waals surface area (Å²) in [4.78, 5) is 0. The maximum absolute atomic E-state index is 6.61. The quantitative estimate of drug-likeness (QED) is 0.0566. The van der Waals surface area contributed by atoms with Crippen LogP contribution in [0.5, 0.6) is 11.5 Å².